The van der Waals surface area contributed by atoms with Crippen molar-refractivity contribution in [2.45, 2.75) is 58.1 Å². The van der Waals surface area contributed by atoms with Crippen LogP contribution in [0.2, 0.25) is 0 Å². The first kappa shape index (κ1) is 19.5. The van der Waals surface area contributed by atoms with Crippen LogP contribution in [0.15, 0.2) is 60.7 Å². The largest absolute Gasteiger partial charge is 0.436 e. The van der Waals surface area contributed by atoms with Crippen LogP contribution in [-0.2, 0) is 37.0 Å². The summed E-state index contributed by atoms with van der Waals surface area (Å²) in [6.45, 7) is 4.24. The van der Waals surface area contributed by atoms with Gasteiger partial charge in [-0.15, -0.1) is 0 Å². The molecule has 5 nitrogen and oxygen atoms in total. The van der Waals surface area contributed by atoms with Crippen LogP contribution in [0.4, 0.5) is 0 Å². The molecule has 0 spiro atoms. The Bertz CT molecular complexity index is 703. The van der Waals surface area contributed by atoms with Gasteiger partial charge in [-0.3, -0.25) is 4.79 Å². The summed E-state index contributed by atoms with van der Waals surface area (Å²) in [4.78, 5) is 11.3. The van der Waals surface area contributed by atoms with E-state index >= 15 is 0 Å². The van der Waals surface area contributed by atoms with Crippen molar-refractivity contribution in [3.05, 3.63) is 71.8 Å². The van der Waals surface area contributed by atoms with Crippen LogP contribution < -0.4 is 0 Å². The van der Waals surface area contributed by atoms with Gasteiger partial charge in [0, 0.05) is 13.3 Å². The second kappa shape index (κ2) is 9.65. The molecule has 0 bridgehead atoms. The van der Waals surface area contributed by atoms with Crippen molar-refractivity contribution in [2.75, 3.05) is 0 Å². The number of ether oxygens (including phenoxy) is 4. The van der Waals surface area contributed by atoms with Gasteiger partial charge in [0.05, 0.1) is 25.4 Å². The summed E-state index contributed by atoms with van der Waals surface area (Å²) in [6.07, 6.45) is -0.916. The summed E-state index contributed by atoms with van der Waals surface area (Å²) in [7, 11) is 0. The third-order valence-electron chi connectivity index (χ3n) is 4.51. The van der Waals surface area contributed by atoms with E-state index in [2.05, 4.69) is 0 Å². The van der Waals surface area contributed by atoms with Crippen LogP contribution in [0, 0.1) is 0 Å². The van der Waals surface area contributed by atoms with Crippen molar-refractivity contribution >= 4 is 5.97 Å². The fourth-order valence-corrected chi connectivity index (χ4v) is 3.21. The summed E-state index contributed by atoms with van der Waals surface area (Å²) in [5.74, 6) is -0.363. The Hall–Kier alpha value is -2.21. The Balaban J connectivity index is 1.66. The van der Waals surface area contributed by atoms with E-state index < -0.39 is 6.29 Å². The lowest BCUT2D eigenvalue weighted by Gasteiger charge is -2.39. The molecule has 0 aliphatic carbocycles. The van der Waals surface area contributed by atoms with E-state index in [9.17, 15) is 4.79 Å². The minimum Gasteiger partial charge on any atom is -0.436 e. The Kier molecular flexibility index (Phi) is 6.98. The van der Waals surface area contributed by atoms with Gasteiger partial charge >= 0.3 is 5.97 Å². The maximum atomic E-state index is 11.3. The number of hydrogen-bond donors (Lipinski definition) is 0. The minimum atomic E-state index is -0.616. The number of carbonyl (C=O) groups is 1. The normalized spacial score (nSPS) is 25.1. The van der Waals surface area contributed by atoms with E-state index in [-0.39, 0.29) is 24.3 Å². The fraction of sp³-hybridized carbons (Fsp3) is 0.409. The third-order valence-corrected chi connectivity index (χ3v) is 4.51. The van der Waals surface area contributed by atoms with Crippen LogP contribution in [0.3, 0.4) is 0 Å². The van der Waals surface area contributed by atoms with Gasteiger partial charge in [-0.25, -0.2) is 0 Å². The number of carbonyl (C=O) groups excluding carboxylic acids is 1. The van der Waals surface area contributed by atoms with Crippen molar-refractivity contribution in [1.82, 2.24) is 0 Å². The van der Waals surface area contributed by atoms with Gasteiger partial charge in [0.25, 0.3) is 0 Å². The Morgan fingerprint density at radius 3 is 2.07 bits per heavy atom. The number of hydrogen-bond acceptors (Lipinski definition) is 5. The average molecular weight is 370 g/mol. The van der Waals surface area contributed by atoms with Crippen LogP contribution >= 0.6 is 0 Å². The van der Waals surface area contributed by atoms with Crippen molar-refractivity contribution in [3.63, 3.8) is 0 Å². The van der Waals surface area contributed by atoms with Crippen molar-refractivity contribution in [1.29, 1.82) is 0 Å². The Labute approximate surface area is 160 Å². The molecule has 2 aromatic carbocycles. The van der Waals surface area contributed by atoms with Crippen LogP contribution in [0.25, 0.3) is 0 Å². The zero-order chi connectivity index (χ0) is 19.1. The molecule has 27 heavy (non-hydrogen) atoms. The fourth-order valence-electron chi connectivity index (χ4n) is 3.21. The first-order chi connectivity index (χ1) is 13.1. The molecule has 1 heterocycles. The Morgan fingerprint density at radius 1 is 0.963 bits per heavy atom. The van der Waals surface area contributed by atoms with Crippen LogP contribution in [0.5, 0.6) is 0 Å². The highest BCUT2D eigenvalue weighted by Crippen LogP contribution is 2.27. The van der Waals surface area contributed by atoms with E-state index in [1.54, 1.807) is 0 Å². The predicted octanol–water partition coefficient (Wildman–Crippen LogP) is 3.86. The molecule has 0 amide bonds. The topological polar surface area (TPSA) is 54.0 Å². The first-order valence-corrected chi connectivity index (χ1v) is 9.25. The summed E-state index contributed by atoms with van der Waals surface area (Å²) >= 11 is 0. The summed E-state index contributed by atoms with van der Waals surface area (Å²) < 4.78 is 23.4. The lowest BCUT2D eigenvalue weighted by molar-refractivity contribution is -0.259. The monoisotopic (exact) mass is 370 g/mol. The molecule has 1 saturated heterocycles. The molecule has 0 saturated carbocycles. The summed E-state index contributed by atoms with van der Waals surface area (Å²) in [5.41, 5.74) is 2.18. The van der Waals surface area contributed by atoms with Crippen molar-refractivity contribution in [2.24, 2.45) is 0 Å². The number of rotatable bonds is 7. The maximum absolute atomic E-state index is 11.3. The van der Waals surface area contributed by atoms with E-state index in [4.69, 9.17) is 18.9 Å². The molecule has 1 aliphatic heterocycles. The zero-order valence-electron chi connectivity index (χ0n) is 15.7. The molecule has 0 aromatic heterocycles. The van der Waals surface area contributed by atoms with Crippen molar-refractivity contribution in [3.8, 4) is 0 Å². The lowest BCUT2D eigenvalue weighted by atomic mass is 10.0. The van der Waals surface area contributed by atoms with Crippen LogP contribution in [0.1, 0.15) is 31.4 Å². The average Bonchev–Trinajstić information content (AvgIpc) is 2.66. The zero-order valence-corrected chi connectivity index (χ0v) is 15.7. The van der Waals surface area contributed by atoms with Crippen molar-refractivity contribution < 1.29 is 23.7 Å². The molecule has 5 heteroatoms. The van der Waals surface area contributed by atoms with Gasteiger partial charge in [-0.2, -0.15) is 0 Å². The second-order valence-electron chi connectivity index (χ2n) is 6.71. The standard InChI is InChI=1S/C22H26O5/c1-16-22(25-15-19-11-7-4-8-12-19)20(13-21(26-16)27-17(2)23)24-14-18-9-5-3-6-10-18/h3-12,16,20-22H,13-15H2,1-2H3/t16-,20-,21?,22-/m1/s1. The van der Waals surface area contributed by atoms with Crippen LogP contribution in [-0.4, -0.2) is 30.6 Å². The SMILES string of the molecule is CC(=O)OC1C[C@@H](OCc2ccccc2)[C@H](OCc2ccccc2)[C@@H](C)O1. The molecule has 2 aromatic rings. The van der Waals surface area contributed by atoms with Gasteiger partial charge in [0.15, 0.2) is 0 Å². The molecular formula is C22H26O5. The van der Waals surface area contributed by atoms with Gasteiger partial charge in [-0.05, 0) is 18.1 Å². The van der Waals surface area contributed by atoms with E-state index in [0.29, 0.717) is 19.6 Å². The quantitative estimate of drug-likeness (QED) is 0.693. The van der Waals surface area contributed by atoms with Gasteiger partial charge in [0.2, 0.25) is 6.29 Å². The highest BCUT2D eigenvalue weighted by molar-refractivity contribution is 5.66. The second-order valence-corrected chi connectivity index (χ2v) is 6.71. The summed E-state index contributed by atoms with van der Waals surface area (Å²) in [6, 6.07) is 20.0. The lowest BCUT2D eigenvalue weighted by Crippen LogP contribution is -2.50. The summed E-state index contributed by atoms with van der Waals surface area (Å²) in [5, 5.41) is 0. The van der Waals surface area contributed by atoms with E-state index in [1.807, 2.05) is 67.6 Å². The molecule has 1 unspecified atom stereocenters. The number of benzene rings is 2. The van der Waals surface area contributed by atoms with Gasteiger partial charge < -0.3 is 18.9 Å². The smallest absolute Gasteiger partial charge is 0.304 e. The van der Waals surface area contributed by atoms with E-state index in [1.165, 1.54) is 6.92 Å². The van der Waals surface area contributed by atoms with Gasteiger partial charge in [0.1, 0.15) is 6.10 Å². The molecule has 0 N–H and O–H groups in total. The maximum Gasteiger partial charge on any atom is 0.304 e. The minimum absolute atomic E-state index is 0.234. The molecule has 1 fully saturated rings. The molecule has 3 rings (SSSR count). The highest BCUT2D eigenvalue weighted by atomic mass is 16.7. The molecule has 0 radical (unpaired) electrons. The molecular weight excluding hydrogens is 344 g/mol. The molecule has 1 aliphatic rings. The van der Waals surface area contributed by atoms with E-state index in [0.717, 1.165) is 11.1 Å². The molecule has 4 atom stereocenters. The molecule has 144 valence electrons. The first-order valence-electron chi connectivity index (χ1n) is 9.25. The number of esters is 1. The third kappa shape index (κ3) is 5.89. The highest BCUT2D eigenvalue weighted by Gasteiger charge is 2.39. The predicted molar refractivity (Wildman–Crippen MR) is 101 cm³/mol. The van der Waals surface area contributed by atoms with Gasteiger partial charge in [-0.1, -0.05) is 60.7 Å². The Morgan fingerprint density at radius 2 is 1.52 bits per heavy atom.